The summed E-state index contributed by atoms with van der Waals surface area (Å²) < 4.78 is 0. The standard InChI is InChI=1S/C29H36N2O/c1-27-14-11-21(32)17-20(27)10-13-29(3)24-8-6-22(28(24,2)15-12-25(27)29)18-4-7-23-19(16-18)5-9-26(30)31-23/h4-7,9-10,16,21,24-25,32H,8,11-15,17H2,1-3H3,(H2,30,31)/t21-,24+,25+,27-,28+,29-/m0/s1. The van der Waals surface area contributed by atoms with Crippen LogP contribution in [0, 0.1) is 28.1 Å². The van der Waals surface area contributed by atoms with Gasteiger partial charge in [0.25, 0.3) is 0 Å². The number of nitrogen functional groups attached to an aromatic ring is 1. The highest BCUT2D eigenvalue weighted by molar-refractivity contribution is 5.86. The SMILES string of the molecule is C[C@@]12CC=C3C[C@@H](O)CC[C@]3(C)[C@H]1CC[C@]1(C)C(c3ccc4nc(N)ccc4c3)=CC[C@@H]21. The molecule has 6 rings (SSSR count). The quantitative estimate of drug-likeness (QED) is 0.508. The van der Waals surface area contributed by atoms with Crippen LogP contribution in [0.25, 0.3) is 16.5 Å². The summed E-state index contributed by atoms with van der Waals surface area (Å²) in [4.78, 5) is 4.49. The van der Waals surface area contributed by atoms with Crippen LogP contribution < -0.4 is 5.73 Å². The maximum atomic E-state index is 10.3. The van der Waals surface area contributed by atoms with Crippen LogP contribution in [-0.2, 0) is 0 Å². The van der Waals surface area contributed by atoms with Gasteiger partial charge in [-0.3, -0.25) is 0 Å². The number of aliphatic hydroxyl groups is 1. The molecule has 0 radical (unpaired) electrons. The number of hydrogen-bond acceptors (Lipinski definition) is 3. The van der Waals surface area contributed by atoms with E-state index in [1.54, 1.807) is 11.1 Å². The van der Waals surface area contributed by atoms with Crippen molar-refractivity contribution in [1.82, 2.24) is 4.98 Å². The van der Waals surface area contributed by atoms with Crippen molar-refractivity contribution in [3.63, 3.8) is 0 Å². The van der Waals surface area contributed by atoms with Gasteiger partial charge in [-0.1, -0.05) is 44.6 Å². The predicted octanol–water partition coefficient (Wildman–Crippen LogP) is 6.52. The largest absolute Gasteiger partial charge is 0.393 e. The molecule has 0 amide bonds. The summed E-state index contributed by atoms with van der Waals surface area (Å²) in [5.41, 5.74) is 12.1. The van der Waals surface area contributed by atoms with E-state index < -0.39 is 0 Å². The Morgan fingerprint density at radius 1 is 0.969 bits per heavy atom. The van der Waals surface area contributed by atoms with E-state index >= 15 is 0 Å². The van der Waals surface area contributed by atoms with Crippen molar-refractivity contribution in [3.05, 3.63) is 53.6 Å². The normalized spacial score (nSPS) is 40.8. The summed E-state index contributed by atoms with van der Waals surface area (Å²) in [6.07, 6.45) is 12.8. The lowest BCUT2D eigenvalue weighted by atomic mass is 9.41. The minimum atomic E-state index is -0.134. The van der Waals surface area contributed by atoms with Crippen LogP contribution in [-0.4, -0.2) is 16.2 Å². The zero-order valence-electron chi connectivity index (χ0n) is 19.7. The van der Waals surface area contributed by atoms with Gasteiger partial charge in [-0.25, -0.2) is 4.98 Å². The highest BCUT2D eigenvalue weighted by Crippen LogP contribution is 2.71. The van der Waals surface area contributed by atoms with E-state index in [9.17, 15) is 5.11 Å². The number of fused-ring (bicyclic) bond motifs is 6. The average molecular weight is 429 g/mol. The molecule has 0 bridgehead atoms. The second-order valence-electron chi connectivity index (χ2n) is 11.8. The summed E-state index contributed by atoms with van der Waals surface area (Å²) in [7, 11) is 0. The van der Waals surface area contributed by atoms with E-state index in [-0.39, 0.29) is 16.9 Å². The van der Waals surface area contributed by atoms with Crippen molar-refractivity contribution in [2.75, 3.05) is 5.73 Å². The number of hydrogen-bond donors (Lipinski definition) is 2. The summed E-state index contributed by atoms with van der Waals surface area (Å²) in [5.74, 6) is 1.97. The van der Waals surface area contributed by atoms with E-state index in [2.05, 4.69) is 62.2 Å². The number of rotatable bonds is 1. The highest BCUT2D eigenvalue weighted by atomic mass is 16.3. The van der Waals surface area contributed by atoms with Gasteiger partial charge in [0.15, 0.2) is 0 Å². The predicted molar refractivity (Wildman–Crippen MR) is 132 cm³/mol. The molecule has 4 aliphatic rings. The van der Waals surface area contributed by atoms with Crippen LogP contribution in [0.2, 0.25) is 0 Å². The number of nitrogens with two attached hydrogens (primary N) is 1. The Morgan fingerprint density at radius 3 is 2.62 bits per heavy atom. The van der Waals surface area contributed by atoms with Crippen molar-refractivity contribution >= 4 is 22.3 Å². The van der Waals surface area contributed by atoms with Crippen LogP contribution >= 0.6 is 0 Å². The molecule has 0 spiro atoms. The smallest absolute Gasteiger partial charge is 0.124 e. The second-order valence-corrected chi connectivity index (χ2v) is 11.8. The topological polar surface area (TPSA) is 59.1 Å². The monoisotopic (exact) mass is 428 g/mol. The molecule has 2 fully saturated rings. The molecule has 1 heterocycles. The Morgan fingerprint density at radius 2 is 1.78 bits per heavy atom. The van der Waals surface area contributed by atoms with Gasteiger partial charge in [-0.2, -0.15) is 0 Å². The maximum absolute atomic E-state index is 10.3. The Hall–Kier alpha value is -2.13. The lowest BCUT2D eigenvalue weighted by Crippen LogP contribution is -2.55. The minimum Gasteiger partial charge on any atom is -0.393 e. The number of nitrogens with zero attached hydrogens (tertiary/aromatic N) is 1. The molecule has 1 aromatic carbocycles. The third kappa shape index (κ3) is 2.67. The van der Waals surface area contributed by atoms with Crippen molar-refractivity contribution in [2.24, 2.45) is 28.1 Å². The number of benzene rings is 1. The fraction of sp³-hybridized carbons (Fsp3) is 0.552. The molecule has 3 nitrogen and oxygen atoms in total. The van der Waals surface area contributed by atoms with Crippen molar-refractivity contribution in [2.45, 2.75) is 71.8 Å². The van der Waals surface area contributed by atoms with Gasteiger partial charge in [0, 0.05) is 5.39 Å². The summed E-state index contributed by atoms with van der Waals surface area (Å²) in [5, 5.41) is 11.5. The number of aromatic nitrogens is 1. The summed E-state index contributed by atoms with van der Waals surface area (Å²) >= 11 is 0. The van der Waals surface area contributed by atoms with Crippen molar-refractivity contribution in [1.29, 1.82) is 0 Å². The molecule has 0 saturated heterocycles. The average Bonchev–Trinajstić information content (AvgIpc) is 3.12. The number of aliphatic hydroxyl groups excluding tert-OH is 1. The van der Waals surface area contributed by atoms with Crippen LogP contribution in [0.4, 0.5) is 5.82 Å². The summed E-state index contributed by atoms with van der Waals surface area (Å²) in [6.45, 7) is 7.64. The Bertz CT molecular complexity index is 1160. The molecule has 4 aliphatic carbocycles. The van der Waals surface area contributed by atoms with Gasteiger partial charge < -0.3 is 10.8 Å². The molecular formula is C29H36N2O. The van der Waals surface area contributed by atoms with Crippen LogP contribution in [0.15, 0.2) is 48.1 Å². The van der Waals surface area contributed by atoms with Crippen LogP contribution in [0.3, 0.4) is 0 Å². The third-order valence-corrected chi connectivity index (χ3v) is 10.3. The molecule has 6 atom stereocenters. The van der Waals surface area contributed by atoms with Gasteiger partial charge in [-0.15, -0.1) is 0 Å². The van der Waals surface area contributed by atoms with Crippen LogP contribution in [0.1, 0.15) is 71.3 Å². The minimum absolute atomic E-state index is 0.134. The van der Waals surface area contributed by atoms with E-state index in [0.29, 0.717) is 17.2 Å². The number of allylic oxidation sites excluding steroid dienone is 3. The van der Waals surface area contributed by atoms with Crippen molar-refractivity contribution < 1.29 is 5.11 Å². The zero-order chi connectivity index (χ0) is 22.3. The second kappa shape index (κ2) is 6.70. The lowest BCUT2D eigenvalue weighted by molar-refractivity contribution is -0.0876. The van der Waals surface area contributed by atoms with E-state index in [1.807, 2.05) is 6.07 Å². The number of pyridine rings is 1. The molecule has 3 N–H and O–H groups in total. The molecule has 1 aromatic heterocycles. The Kier molecular flexibility index (Phi) is 4.28. The van der Waals surface area contributed by atoms with Crippen LogP contribution in [0.5, 0.6) is 0 Å². The fourth-order valence-corrected chi connectivity index (χ4v) is 8.60. The zero-order valence-corrected chi connectivity index (χ0v) is 19.7. The van der Waals surface area contributed by atoms with Gasteiger partial charge >= 0.3 is 0 Å². The highest BCUT2D eigenvalue weighted by Gasteiger charge is 2.62. The summed E-state index contributed by atoms with van der Waals surface area (Å²) in [6, 6.07) is 10.7. The van der Waals surface area contributed by atoms with Gasteiger partial charge in [0.05, 0.1) is 11.6 Å². The van der Waals surface area contributed by atoms with Crippen molar-refractivity contribution in [3.8, 4) is 0 Å². The first-order valence-electron chi connectivity index (χ1n) is 12.5. The lowest BCUT2D eigenvalue weighted by Gasteiger charge is -2.63. The third-order valence-electron chi connectivity index (χ3n) is 10.3. The molecule has 2 aromatic rings. The Balaban J connectivity index is 1.37. The first-order chi connectivity index (χ1) is 15.2. The molecular weight excluding hydrogens is 392 g/mol. The van der Waals surface area contributed by atoms with E-state index in [0.717, 1.165) is 37.1 Å². The first kappa shape index (κ1) is 20.5. The molecule has 2 saturated carbocycles. The molecule has 0 unspecified atom stereocenters. The number of anilines is 1. The fourth-order valence-electron chi connectivity index (χ4n) is 8.60. The molecule has 32 heavy (non-hydrogen) atoms. The molecule has 3 heteroatoms. The van der Waals surface area contributed by atoms with Gasteiger partial charge in [0.1, 0.15) is 5.82 Å². The maximum Gasteiger partial charge on any atom is 0.124 e. The first-order valence-corrected chi connectivity index (χ1v) is 12.5. The van der Waals surface area contributed by atoms with Gasteiger partial charge in [0.2, 0.25) is 0 Å². The molecule has 168 valence electrons. The van der Waals surface area contributed by atoms with Gasteiger partial charge in [-0.05, 0) is 108 Å². The Labute approximate surface area is 191 Å². The van der Waals surface area contributed by atoms with E-state index in [1.165, 1.54) is 30.2 Å². The molecule has 0 aliphatic heterocycles. The van der Waals surface area contributed by atoms with E-state index in [4.69, 9.17) is 5.73 Å².